The molecule has 0 aliphatic rings. The molecule has 23 heavy (non-hydrogen) atoms. The molecule has 0 atom stereocenters. The van der Waals surface area contributed by atoms with Gasteiger partial charge in [-0.1, -0.05) is 23.2 Å². The third-order valence-corrected chi connectivity index (χ3v) is 5.52. The van der Waals surface area contributed by atoms with E-state index in [2.05, 4.69) is 4.72 Å². The highest BCUT2D eigenvalue weighted by Crippen LogP contribution is 2.31. The first-order chi connectivity index (χ1) is 10.8. The summed E-state index contributed by atoms with van der Waals surface area (Å²) >= 11 is 11.9. The number of halogens is 2. The molecule has 0 bridgehead atoms. The zero-order valence-corrected chi connectivity index (χ0v) is 15.3. The molecule has 0 aromatic heterocycles. The van der Waals surface area contributed by atoms with Crippen LogP contribution >= 0.6 is 23.2 Å². The van der Waals surface area contributed by atoms with Crippen LogP contribution in [0.1, 0.15) is 18.1 Å². The lowest BCUT2D eigenvalue weighted by atomic mass is 10.1. The van der Waals surface area contributed by atoms with E-state index < -0.39 is 10.0 Å². The molecule has 2 aromatic rings. The molecule has 7 heteroatoms. The monoisotopic (exact) mass is 373 g/mol. The minimum Gasteiger partial charge on any atom is -0.494 e. The van der Waals surface area contributed by atoms with Crippen LogP contribution in [0.4, 0.5) is 5.69 Å². The van der Waals surface area contributed by atoms with E-state index in [1.165, 1.54) is 18.2 Å². The summed E-state index contributed by atoms with van der Waals surface area (Å²) in [6, 6.07) is 7.78. The summed E-state index contributed by atoms with van der Waals surface area (Å²) in [5.41, 5.74) is 1.65. The Morgan fingerprint density at radius 2 is 1.78 bits per heavy atom. The second-order valence-corrected chi connectivity index (χ2v) is 7.47. The molecule has 0 radical (unpaired) electrons. The molecule has 1 N–H and O–H groups in total. The Bertz CT molecular complexity index is 835. The van der Waals surface area contributed by atoms with Crippen LogP contribution in [0.2, 0.25) is 10.0 Å². The minimum absolute atomic E-state index is 0.175. The molecule has 0 spiro atoms. The molecule has 124 valence electrons. The summed E-state index contributed by atoms with van der Waals surface area (Å²) in [5.74, 6) is 0.671. The SMILES string of the molecule is CCOc1ccc(S(=O)(=O)Nc2cc(Cl)ccc2Cl)c(C)c1C. The summed E-state index contributed by atoms with van der Waals surface area (Å²) in [6.07, 6.45) is 0. The number of sulfonamides is 1. The van der Waals surface area contributed by atoms with E-state index in [0.717, 1.165) is 5.56 Å². The van der Waals surface area contributed by atoms with Gasteiger partial charge in [-0.3, -0.25) is 4.72 Å². The first-order valence-corrected chi connectivity index (χ1v) is 9.21. The maximum atomic E-state index is 12.7. The van der Waals surface area contributed by atoms with Gasteiger partial charge >= 0.3 is 0 Å². The van der Waals surface area contributed by atoms with Crippen LogP contribution in [0.5, 0.6) is 5.75 Å². The first-order valence-electron chi connectivity index (χ1n) is 6.97. The fraction of sp³-hybridized carbons (Fsp3) is 0.250. The average Bonchev–Trinajstić information content (AvgIpc) is 2.47. The van der Waals surface area contributed by atoms with Crippen LogP contribution in [-0.2, 0) is 10.0 Å². The lowest BCUT2D eigenvalue weighted by molar-refractivity contribution is 0.337. The molecule has 0 heterocycles. The van der Waals surface area contributed by atoms with Crippen molar-refractivity contribution in [3.63, 3.8) is 0 Å². The number of nitrogens with one attached hydrogen (secondary N) is 1. The lowest BCUT2D eigenvalue weighted by Crippen LogP contribution is -2.15. The zero-order chi connectivity index (χ0) is 17.2. The second kappa shape index (κ2) is 6.99. The molecular formula is C16H17Cl2NO3S. The molecular weight excluding hydrogens is 357 g/mol. The average molecular weight is 374 g/mol. The van der Waals surface area contributed by atoms with Gasteiger partial charge in [0.15, 0.2) is 0 Å². The third kappa shape index (κ3) is 3.91. The summed E-state index contributed by atoms with van der Waals surface area (Å²) in [7, 11) is -3.79. The number of ether oxygens (including phenoxy) is 1. The highest BCUT2D eigenvalue weighted by atomic mass is 35.5. The van der Waals surface area contributed by atoms with Crippen molar-refractivity contribution in [1.82, 2.24) is 0 Å². The molecule has 2 aromatic carbocycles. The van der Waals surface area contributed by atoms with Gasteiger partial charge in [0.1, 0.15) is 5.75 Å². The first kappa shape index (κ1) is 17.9. The number of anilines is 1. The van der Waals surface area contributed by atoms with Gasteiger partial charge in [-0.2, -0.15) is 0 Å². The van der Waals surface area contributed by atoms with E-state index in [9.17, 15) is 8.42 Å². The Balaban J connectivity index is 2.44. The quantitative estimate of drug-likeness (QED) is 0.817. The predicted octanol–water partition coefficient (Wildman–Crippen LogP) is 4.81. The number of benzene rings is 2. The standard InChI is InChI=1S/C16H17Cl2NO3S/c1-4-22-15-7-8-16(11(3)10(15)2)23(20,21)19-14-9-12(17)5-6-13(14)18/h5-9,19H,4H2,1-3H3. The lowest BCUT2D eigenvalue weighted by Gasteiger charge is -2.15. The van der Waals surface area contributed by atoms with E-state index in [1.807, 2.05) is 13.8 Å². The normalized spacial score (nSPS) is 11.3. The molecule has 0 amide bonds. The minimum atomic E-state index is -3.79. The fourth-order valence-corrected chi connectivity index (χ4v) is 3.91. The smallest absolute Gasteiger partial charge is 0.262 e. The van der Waals surface area contributed by atoms with Crippen molar-refractivity contribution in [3.8, 4) is 5.75 Å². The van der Waals surface area contributed by atoms with Crippen molar-refractivity contribution in [2.45, 2.75) is 25.7 Å². The summed E-state index contributed by atoms with van der Waals surface area (Å²) in [5, 5.41) is 0.671. The van der Waals surface area contributed by atoms with Gasteiger partial charge in [0.25, 0.3) is 10.0 Å². The number of hydrogen-bond donors (Lipinski definition) is 1. The van der Waals surface area contributed by atoms with Gasteiger partial charge in [-0.05, 0) is 62.2 Å². The molecule has 2 rings (SSSR count). The van der Waals surface area contributed by atoms with E-state index >= 15 is 0 Å². The second-order valence-electron chi connectivity index (χ2n) is 4.97. The Labute approximate surface area is 146 Å². The number of hydrogen-bond acceptors (Lipinski definition) is 3. The summed E-state index contributed by atoms with van der Waals surface area (Å²) < 4.78 is 33.3. The Kier molecular flexibility index (Phi) is 5.45. The third-order valence-electron chi connectivity index (χ3n) is 3.45. The topological polar surface area (TPSA) is 55.4 Å². The molecule has 0 fully saturated rings. The predicted molar refractivity (Wildman–Crippen MR) is 94.4 cm³/mol. The van der Waals surface area contributed by atoms with Crippen molar-refractivity contribution >= 4 is 38.9 Å². The van der Waals surface area contributed by atoms with Gasteiger partial charge in [-0.15, -0.1) is 0 Å². The van der Waals surface area contributed by atoms with Gasteiger partial charge in [0.05, 0.1) is 22.2 Å². The van der Waals surface area contributed by atoms with Crippen molar-refractivity contribution in [3.05, 3.63) is 51.5 Å². The van der Waals surface area contributed by atoms with Crippen molar-refractivity contribution in [2.24, 2.45) is 0 Å². The summed E-state index contributed by atoms with van der Waals surface area (Å²) in [4.78, 5) is 0.175. The van der Waals surface area contributed by atoms with Crippen LogP contribution in [0.3, 0.4) is 0 Å². The van der Waals surface area contributed by atoms with Crippen LogP contribution in [0.15, 0.2) is 35.2 Å². The molecule has 0 aliphatic carbocycles. The van der Waals surface area contributed by atoms with E-state index in [0.29, 0.717) is 22.9 Å². The Morgan fingerprint density at radius 3 is 2.43 bits per heavy atom. The summed E-state index contributed by atoms with van der Waals surface area (Å²) in [6.45, 7) is 5.96. The van der Waals surface area contributed by atoms with E-state index in [4.69, 9.17) is 27.9 Å². The van der Waals surface area contributed by atoms with Gasteiger partial charge in [0, 0.05) is 5.02 Å². The molecule has 0 unspecified atom stereocenters. The van der Waals surface area contributed by atoms with Crippen molar-refractivity contribution < 1.29 is 13.2 Å². The van der Waals surface area contributed by atoms with Crippen molar-refractivity contribution in [1.29, 1.82) is 0 Å². The Hall–Kier alpha value is -1.43. The maximum absolute atomic E-state index is 12.7. The van der Waals surface area contributed by atoms with E-state index in [1.54, 1.807) is 19.1 Å². The van der Waals surface area contributed by atoms with Crippen LogP contribution in [-0.4, -0.2) is 15.0 Å². The fourth-order valence-electron chi connectivity index (χ4n) is 2.15. The van der Waals surface area contributed by atoms with Gasteiger partial charge < -0.3 is 4.74 Å². The molecule has 4 nitrogen and oxygen atoms in total. The Morgan fingerprint density at radius 1 is 1.09 bits per heavy atom. The molecule has 0 aliphatic heterocycles. The number of rotatable bonds is 5. The zero-order valence-electron chi connectivity index (χ0n) is 13.0. The maximum Gasteiger partial charge on any atom is 0.262 e. The van der Waals surface area contributed by atoms with Crippen LogP contribution in [0.25, 0.3) is 0 Å². The largest absolute Gasteiger partial charge is 0.494 e. The van der Waals surface area contributed by atoms with E-state index in [-0.39, 0.29) is 15.6 Å². The van der Waals surface area contributed by atoms with Gasteiger partial charge in [-0.25, -0.2) is 8.42 Å². The van der Waals surface area contributed by atoms with Crippen LogP contribution < -0.4 is 9.46 Å². The molecule has 0 saturated heterocycles. The highest BCUT2D eigenvalue weighted by molar-refractivity contribution is 7.92. The highest BCUT2D eigenvalue weighted by Gasteiger charge is 2.20. The molecule has 0 saturated carbocycles. The van der Waals surface area contributed by atoms with Gasteiger partial charge in [0.2, 0.25) is 0 Å². The van der Waals surface area contributed by atoms with Crippen LogP contribution in [0, 0.1) is 13.8 Å². The van der Waals surface area contributed by atoms with Crippen molar-refractivity contribution in [2.75, 3.05) is 11.3 Å².